The fourth-order valence-corrected chi connectivity index (χ4v) is 2.58. The third-order valence-electron chi connectivity index (χ3n) is 3.62. The van der Waals surface area contributed by atoms with Crippen LogP contribution in [0.1, 0.15) is 39.0 Å². The summed E-state index contributed by atoms with van der Waals surface area (Å²) >= 11 is 0. The maximum absolute atomic E-state index is 5.40. The lowest BCUT2D eigenvalue weighted by Crippen LogP contribution is -2.37. The highest BCUT2D eigenvalue weighted by Gasteiger charge is 2.28. The quantitative estimate of drug-likeness (QED) is 0.860. The van der Waals surface area contributed by atoms with Crippen molar-refractivity contribution in [2.75, 3.05) is 24.8 Å². The summed E-state index contributed by atoms with van der Waals surface area (Å²) in [7, 11) is 3.48. The molecule has 5 nitrogen and oxygen atoms in total. The van der Waals surface area contributed by atoms with E-state index in [1.807, 2.05) is 7.05 Å². The standard InChI is InChI=1S/C13H22N4O/c1-13(7-5-4-6-8-13)17-12-10(18-3)11(14-2)15-9-16-12/h9H,4-8H2,1-3H3,(H2,14,15,16,17). The predicted octanol–water partition coefficient (Wildman–Crippen LogP) is 2.66. The smallest absolute Gasteiger partial charge is 0.204 e. The second-order valence-corrected chi connectivity index (χ2v) is 5.10. The zero-order valence-electron chi connectivity index (χ0n) is 11.4. The van der Waals surface area contributed by atoms with E-state index in [0.29, 0.717) is 5.75 Å². The molecule has 1 fully saturated rings. The van der Waals surface area contributed by atoms with E-state index in [4.69, 9.17) is 4.74 Å². The van der Waals surface area contributed by atoms with E-state index in [9.17, 15) is 0 Å². The summed E-state index contributed by atoms with van der Waals surface area (Å²) in [5.41, 5.74) is 0.116. The maximum Gasteiger partial charge on any atom is 0.204 e. The summed E-state index contributed by atoms with van der Waals surface area (Å²) in [6.07, 6.45) is 7.79. The van der Waals surface area contributed by atoms with Gasteiger partial charge in [0.2, 0.25) is 5.75 Å². The third kappa shape index (κ3) is 2.66. The summed E-state index contributed by atoms with van der Waals surface area (Å²) in [6, 6.07) is 0. The number of anilines is 2. The van der Waals surface area contributed by atoms with Crippen molar-refractivity contribution in [2.24, 2.45) is 0 Å². The average molecular weight is 250 g/mol. The third-order valence-corrected chi connectivity index (χ3v) is 3.62. The number of nitrogens with one attached hydrogen (secondary N) is 2. The van der Waals surface area contributed by atoms with Crippen molar-refractivity contribution in [1.29, 1.82) is 0 Å². The largest absolute Gasteiger partial charge is 0.490 e. The molecule has 2 rings (SSSR count). The monoisotopic (exact) mass is 250 g/mol. The normalized spacial score (nSPS) is 18.2. The van der Waals surface area contributed by atoms with Gasteiger partial charge in [-0.1, -0.05) is 19.3 Å². The number of rotatable bonds is 4. The van der Waals surface area contributed by atoms with Crippen molar-refractivity contribution in [1.82, 2.24) is 9.97 Å². The van der Waals surface area contributed by atoms with Crippen LogP contribution >= 0.6 is 0 Å². The Morgan fingerprint density at radius 1 is 1.17 bits per heavy atom. The number of hydrogen-bond acceptors (Lipinski definition) is 5. The van der Waals surface area contributed by atoms with Crippen LogP contribution in [0.4, 0.5) is 11.6 Å². The zero-order chi connectivity index (χ0) is 13.0. The van der Waals surface area contributed by atoms with Crippen molar-refractivity contribution in [3.63, 3.8) is 0 Å². The Morgan fingerprint density at radius 3 is 2.44 bits per heavy atom. The second kappa shape index (κ2) is 5.42. The van der Waals surface area contributed by atoms with Crippen molar-refractivity contribution in [3.8, 4) is 5.75 Å². The molecule has 0 saturated heterocycles. The topological polar surface area (TPSA) is 59.1 Å². The average Bonchev–Trinajstić information content (AvgIpc) is 2.38. The highest BCUT2D eigenvalue weighted by Crippen LogP contribution is 2.35. The fourth-order valence-electron chi connectivity index (χ4n) is 2.58. The minimum atomic E-state index is 0.116. The van der Waals surface area contributed by atoms with Gasteiger partial charge in [0.15, 0.2) is 11.6 Å². The Kier molecular flexibility index (Phi) is 3.89. The van der Waals surface area contributed by atoms with Crippen LogP contribution in [0.5, 0.6) is 5.75 Å². The highest BCUT2D eigenvalue weighted by atomic mass is 16.5. The van der Waals surface area contributed by atoms with Crippen molar-refractivity contribution in [3.05, 3.63) is 6.33 Å². The SMILES string of the molecule is CNc1ncnc(NC2(C)CCCCC2)c1OC. The van der Waals surface area contributed by atoms with Gasteiger partial charge in [-0.2, -0.15) is 0 Å². The van der Waals surface area contributed by atoms with Crippen LogP contribution in [0.25, 0.3) is 0 Å². The summed E-state index contributed by atoms with van der Waals surface area (Å²) in [6.45, 7) is 2.26. The Balaban J connectivity index is 2.22. The fraction of sp³-hybridized carbons (Fsp3) is 0.692. The lowest BCUT2D eigenvalue weighted by molar-refractivity contribution is 0.345. The number of ether oxygens (including phenoxy) is 1. The predicted molar refractivity (Wildman–Crippen MR) is 73.2 cm³/mol. The second-order valence-electron chi connectivity index (χ2n) is 5.10. The molecule has 0 aromatic carbocycles. The number of aromatic nitrogens is 2. The first-order valence-corrected chi connectivity index (χ1v) is 6.53. The zero-order valence-corrected chi connectivity index (χ0v) is 11.4. The molecule has 0 spiro atoms. The molecule has 0 unspecified atom stereocenters. The van der Waals surface area contributed by atoms with Gasteiger partial charge in [-0.25, -0.2) is 9.97 Å². The van der Waals surface area contributed by atoms with Crippen LogP contribution in [0, 0.1) is 0 Å². The molecule has 1 aromatic heterocycles. The Morgan fingerprint density at radius 2 is 1.83 bits per heavy atom. The first-order chi connectivity index (χ1) is 8.68. The molecule has 2 N–H and O–H groups in total. The van der Waals surface area contributed by atoms with Gasteiger partial charge in [-0.05, 0) is 19.8 Å². The van der Waals surface area contributed by atoms with Crippen LogP contribution in [-0.2, 0) is 0 Å². The molecule has 5 heteroatoms. The lowest BCUT2D eigenvalue weighted by atomic mass is 9.83. The molecule has 1 aliphatic rings. The minimum absolute atomic E-state index is 0.116. The molecule has 1 heterocycles. The van der Waals surface area contributed by atoms with Crippen LogP contribution in [0.3, 0.4) is 0 Å². The van der Waals surface area contributed by atoms with Gasteiger partial charge in [-0.3, -0.25) is 0 Å². The Labute approximate surface area is 108 Å². The van der Waals surface area contributed by atoms with E-state index in [2.05, 4.69) is 27.5 Å². The van der Waals surface area contributed by atoms with E-state index < -0.39 is 0 Å². The molecule has 0 aliphatic heterocycles. The summed E-state index contributed by atoms with van der Waals surface area (Å²) in [4.78, 5) is 8.47. The molecule has 0 amide bonds. The first-order valence-electron chi connectivity index (χ1n) is 6.53. The molecule has 1 saturated carbocycles. The minimum Gasteiger partial charge on any atom is -0.490 e. The molecule has 0 atom stereocenters. The summed E-state index contributed by atoms with van der Waals surface area (Å²) < 4.78 is 5.40. The summed E-state index contributed by atoms with van der Waals surface area (Å²) in [5, 5.41) is 6.56. The van der Waals surface area contributed by atoms with Gasteiger partial charge in [0.1, 0.15) is 6.33 Å². The first kappa shape index (κ1) is 12.9. The van der Waals surface area contributed by atoms with Crippen LogP contribution in [0.2, 0.25) is 0 Å². The Bertz CT molecular complexity index is 402. The molecule has 18 heavy (non-hydrogen) atoms. The van der Waals surface area contributed by atoms with E-state index in [-0.39, 0.29) is 5.54 Å². The van der Waals surface area contributed by atoms with Gasteiger partial charge in [-0.15, -0.1) is 0 Å². The van der Waals surface area contributed by atoms with Gasteiger partial charge < -0.3 is 15.4 Å². The molecule has 0 radical (unpaired) electrons. The van der Waals surface area contributed by atoms with Crippen molar-refractivity contribution < 1.29 is 4.74 Å². The number of nitrogens with zero attached hydrogens (tertiary/aromatic N) is 2. The van der Waals surface area contributed by atoms with Gasteiger partial charge in [0.25, 0.3) is 0 Å². The molecular weight excluding hydrogens is 228 g/mol. The van der Waals surface area contributed by atoms with Crippen molar-refractivity contribution in [2.45, 2.75) is 44.6 Å². The molecular formula is C13H22N4O. The van der Waals surface area contributed by atoms with Crippen LogP contribution < -0.4 is 15.4 Å². The van der Waals surface area contributed by atoms with Gasteiger partial charge >= 0.3 is 0 Å². The summed E-state index contributed by atoms with van der Waals surface area (Å²) in [5.74, 6) is 2.18. The maximum atomic E-state index is 5.40. The van der Waals surface area contributed by atoms with E-state index >= 15 is 0 Å². The van der Waals surface area contributed by atoms with Crippen LogP contribution in [-0.4, -0.2) is 29.7 Å². The molecule has 100 valence electrons. The van der Waals surface area contributed by atoms with E-state index in [1.165, 1.54) is 32.1 Å². The van der Waals surface area contributed by atoms with Gasteiger partial charge in [0.05, 0.1) is 7.11 Å². The van der Waals surface area contributed by atoms with Crippen molar-refractivity contribution >= 4 is 11.6 Å². The van der Waals surface area contributed by atoms with Crippen LogP contribution in [0.15, 0.2) is 6.33 Å². The van der Waals surface area contributed by atoms with E-state index in [0.717, 1.165) is 11.6 Å². The molecule has 1 aromatic rings. The lowest BCUT2D eigenvalue weighted by Gasteiger charge is -2.35. The van der Waals surface area contributed by atoms with Gasteiger partial charge in [0, 0.05) is 12.6 Å². The highest BCUT2D eigenvalue weighted by molar-refractivity contribution is 5.64. The van der Waals surface area contributed by atoms with E-state index in [1.54, 1.807) is 13.4 Å². The number of methoxy groups -OCH3 is 1. The molecule has 0 bridgehead atoms. The number of hydrogen-bond donors (Lipinski definition) is 2. The molecule has 1 aliphatic carbocycles. The Hall–Kier alpha value is -1.52.